The first-order valence-electron chi connectivity index (χ1n) is 7.74. The van der Waals surface area contributed by atoms with Crippen LogP contribution in [0, 0.1) is 6.92 Å². The van der Waals surface area contributed by atoms with Gasteiger partial charge in [0.1, 0.15) is 5.75 Å². The van der Waals surface area contributed by atoms with Gasteiger partial charge in [0.25, 0.3) is 5.91 Å². The number of rotatable bonds is 7. The van der Waals surface area contributed by atoms with E-state index in [0.717, 1.165) is 37.1 Å². The van der Waals surface area contributed by atoms with Gasteiger partial charge in [-0.15, -0.1) is 11.3 Å². The number of carbonyl (C=O) groups is 1. The number of amides is 1. The van der Waals surface area contributed by atoms with Crippen molar-refractivity contribution in [3.63, 3.8) is 0 Å². The Morgan fingerprint density at radius 2 is 2.09 bits per heavy atom. The average Bonchev–Trinajstić information content (AvgIpc) is 3.22. The summed E-state index contributed by atoms with van der Waals surface area (Å²) in [5.74, 6) is 0.896. The van der Waals surface area contributed by atoms with Gasteiger partial charge in [-0.3, -0.25) is 4.79 Å². The lowest BCUT2D eigenvalue weighted by molar-refractivity contribution is -0.133. The fourth-order valence-electron chi connectivity index (χ4n) is 2.52. The van der Waals surface area contributed by atoms with Gasteiger partial charge in [0.15, 0.2) is 6.61 Å². The third-order valence-corrected chi connectivity index (χ3v) is 4.87. The quantitative estimate of drug-likeness (QED) is 0.780. The number of benzene rings is 1. The molecule has 1 aliphatic carbocycles. The second kappa shape index (κ2) is 6.97. The number of nitrogens with zero attached hydrogens (tertiary/aromatic N) is 1. The molecule has 2 aromatic rings. The number of para-hydroxylation sites is 1. The monoisotopic (exact) mass is 315 g/mol. The first-order chi connectivity index (χ1) is 10.7. The highest BCUT2D eigenvalue weighted by Gasteiger charge is 2.32. The fraction of sp³-hybridized carbons (Fsp3) is 0.389. The smallest absolute Gasteiger partial charge is 0.260 e. The minimum Gasteiger partial charge on any atom is -0.484 e. The molecule has 0 bridgehead atoms. The second-order valence-electron chi connectivity index (χ2n) is 5.70. The Balaban J connectivity index is 1.55. The Bertz CT molecular complexity index is 620. The Labute approximate surface area is 135 Å². The van der Waals surface area contributed by atoms with Gasteiger partial charge in [-0.25, -0.2) is 0 Å². The van der Waals surface area contributed by atoms with Gasteiger partial charge in [0, 0.05) is 17.5 Å². The maximum absolute atomic E-state index is 12.5. The van der Waals surface area contributed by atoms with Crippen molar-refractivity contribution in [3.05, 3.63) is 52.2 Å². The lowest BCUT2D eigenvalue weighted by Gasteiger charge is -2.22. The summed E-state index contributed by atoms with van der Waals surface area (Å²) >= 11 is 1.75. The summed E-state index contributed by atoms with van der Waals surface area (Å²) < 4.78 is 5.71. The van der Waals surface area contributed by atoms with Gasteiger partial charge in [-0.1, -0.05) is 24.3 Å². The highest BCUT2D eigenvalue weighted by atomic mass is 32.1. The highest BCUT2D eigenvalue weighted by molar-refractivity contribution is 7.09. The second-order valence-corrected chi connectivity index (χ2v) is 6.73. The molecule has 0 unspecified atom stereocenters. The van der Waals surface area contributed by atoms with Crippen LogP contribution in [0.4, 0.5) is 0 Å². The van der Waals surface area contributed by atoms with Crippen LogP contribution in [0.25, 0.3) is 0 Å². The number of hydrogen-bond acceptors (Lipinski definition) is 3. The van der Waals surface area contributed by atoms with Crippen LogP contribution in [-0.4, -0.2) is 30.0 Å². The molecule has 1 aromatic carbocycles. The van der Waals surface area contributed by atoms with Crippen molar-refractivity contribution in [1.29, 1.82) is 0 Å². The normalized spacial score (nSPS) is 13.9. The van der Waals surface area contributed by atoms with Crippen LogP contribution in [0.15, 0.2) is 41.8 Å². The first kappa shape index (κ1) is 15.1. The molecule has 1 fully saturated rings. The highest BCUT2D eigenvalue weighted by Crippen LogP contribution is 2.27. The molecular formula is C18H21NO2S. The van der Waals surface area contributed by atoms with Gasteiger partial charge in [-0.05, 0) is 49.3 Å². The van der Waals surface area contributed by atoms with Crippen LogP contribution < -0.4 is 4.74 Å². The minimum absolute atomic E-state index is 0.0994. The molecule has 1 aromatic heterocycles. The average molecular weight is 315 g/mol. The molecule has 0 radical (unpaired) electrons. The van der Waals surface area contributed by atoms with Crippen LogP contribution in [0.3, 0.4) is 0 Å². The van der Waals surface area contributed by atoms with E-state index in [4.69, 9.17) is 4.74 Å². The Kier molecular flexibility index (Phi) is 4.78. The molecule has 1 aliphatic rings. The van der Waals surface area contributed by atoms with Gasteiger partial charge in [0.05, 0.1) is 0 Å². The van der Waals surface area contributed by atoms with E-state index >= 15 is 0 Å². The van der Waals surface area contributed by atoms with Crippen LogP contribution >= 0.6 is 11.3 Å². The van der Waals surface area contributed by atoms with Gasteiger partial charge in [0.2, 0.25) is 0 Å². The predicted octanol–water partition coefficient (Wildman–Crippen LogP) is 3.67. The number of hydrogen-bond donors (Lipinski definition) is 0. The number of aryl methyl sites for hydroxylation is 1. The molecule has 0 spiro atoms. The van der Waals surface area contributed by atoms with E-state index in [1.165, 1.54) is 4.88 Å². The van der Waals surface area contributed by atoms with E-state index in [9.17, 15) is 4.79 Å². The van der Waals surface area contributed by atoms with Crippen molar-refractivity contribution in [3.8, 4) is 5.75 Å². The lowest BCUT2D eigenvalue weighted by atomic mass is 10.2. The van der Waals surface area contributed by atoms with Crippen molar-refractivity contribution in [1.82, 2.24) is 4.90 Å². The molecule has 1 saturated carbocycles. The van der Waals surface area contributed by atoms with E-state index in [-0.39, 0.29) is 12.5 Å². The van der Waals surface area contributed by atoms with E-state index in [1.807, 2.05) is 36.1 Å². The van der Waals surface area contributed by atoms with Crippen molar-refractivity contribution in [2.75, 3.05) is 13.2 Å². The van der Waals surface area contributed by atoms with Crippen molar-refractivity contribution in [2.24, 2.45) is 0 Å². The fourth-order valence-corrected chi connectivity index (χ4v) is 3.22. The standard InChI is InChI=1S/C18H21NO2S/c1-14-5-2-3-7-17(14)21-13-18(20)19(15-8-9-15)11-10-16-6-4-12-22-16/h2-7,12,15H,8-11,13H2,1H3. The largest absolute Gasteiger partial charge is 0.484 e. The molecule has 3 rings (SSSR count). The molecule has 0 saturated heterocycles. The van der Waals surface area contributed by atoms with E-state index in [2.05, 4.69) is 17.5 Å². The van der Waals surface area contributed by atoms with Crippen molar-refractivity contribution >= 4 is 17.2 Å². The zero-order valence-electron chi connectivity index (χ0n) is 12.8. The zero-order valence-corrected chi connectivity index (χ0v) is 13.6. The number of ether oxygens (including phenoxy) is 1. The summed E-state index contributed by atoms with van der Waals surface area (Å²) in [4.78, 5) is 15.8. The zero-order chi connectivity index (χ0) is 15.4. The van der Waals surface area contributed by atoms with Gasteiger partial charge >= 0.3 is 0 Å². The molecule has 0 N–H and O–H groups in total. The topological polar surface area (TPSA) is 29.5 Å². The molecule has 22 heavy (non-hydrogen) atoms. The molecule has 4 heteroatoms. The SMILES string of the molecule is Cc1ccccc1OCC(=O)N(CCc1cccs1)C1CC1. The molecule has 0 atom stereocenters. The van der Waals surface area contributed by atoms with Crippen LogP contribution in [-0.2, 0) is 11.2 Å². The van der Waals surface area contributed by atoms with Gasteiger partial charge in [-0.2, -0.15) is 0 Å². The number of thiophene rings is 1. The summed E-state index contributed by atoms with van der Waals surface area (Å²) in [7, 11) is 0. The number of carbonyl (C=O) groups excluding carboxylic acids is 1. The van der Waals surface area contributed by atoms with Gasteiger partial charge < -0.3 is 9.64 Å². The molecule has 116 valence electrons. The molecule has 3 nitrogen and oxygen atoms in total. The molecule has 1 heterocycles. The predicted molar refractivity (Wildman–Crippen MR) is 89.4 cm³/mol. The Hall–Kier alpha value is -1.81. The van der Waals surface area contributed by atoms with E-state index in [1.54, 1.807) is 11.3 Å². The first-order valence-corrected chi connectivity index (χ1v) is 8.62. The van der Waals surface area contributed by atoms with E-state index in [0.29, 0.717) is 6.04 Å². The van der Waals surface area contributed by atoms with Crippen molar-refractivity contribution < 1.29 is 9.53 Å². The summed E-state index contributed by atoms with van der Waals surface area (Å²) in [6.07, 6.45) is 3.19. The van der Waals surface area contributed by atoms with Crippen LogP contribution in [0.5, 0.6) is 5.75 Å². The molecule has 0 aliphatic heterocycles. The summed E-state index contributed by atoms with van der Waals surface area (Å²) in [5, 5.41) is 2.08. The molecular weight excluding hydrogens is 294 g/mol. The Morgan fingerprint density at radius 1 is 1.27 bits per heavy atom. The maximum atomic E-state index is 12.5. The summed E-state index contributed by atoms with van der Waals surface area (Å²) in [6.45, 7) is 2.92. The van der Waals surface area contributed by atoms with Crippen LogP contribution in [0.2, 0.25) is 0 Å². The summed E-state index contributed by atoms with van der Waals surface area (Å²) in [5.41, 5.74) is 1.06. The van der Waals surface area contributed by atoms with E-state index < -0.39 is 0 Å². The Morgan fingerprint density at radius 3 is 2.77 bits per heavy atom. The summed E-state index contributed by atoms with van der Waals surface area (Å²) in [6, 6.07) is 12.4. The third kappa shape index (κ3) is 3.89. The third-order valence-electron chi connectivity index (χ3n) is 3.93. The van der Waals surface area contributed by atoms with Crippen molar-refractivity contribution in [2.45, 2.75) is 32.2 Å². The molecule has 1 amide bonds. The maximum Gasteiger partial charge on any atom is 0.260 e. The minimum atomic E-state index is 0.0994. The lowest BCUT2D eigenvalue weighted by Crippen LogP contribution is -2.38. The van der Waals surface area contributed by atoms with Crippen LogP contribution in [0.1, 0.15) is 23.3 Å².